The summed E-state index contributed by atoms with van der Waals surface area (Å²) in [6, 6.07) is 7.70. The van der Waals surface area contributed by atoms with Gasteiger partial charge in [-0.2, -0.15) is 0 Å². The number of carbonyl (C=O) groups is 1. The zero-order chi connectivity index (χ0) is 11.0. The van der Waals surface area contributed by atoms with Crippen LogP contribution >= 0.6 is 0 Å². The van der Waals surface area contributed by atoms with Crippen molar-refractivity contribution in [1.82, 2.24) is 5.43 Å². The predicted octanol–water partition coefficient (Wildman–Crippen LogP) is 1.70. The van der Waals surface area contributed by atoms with E-state index in [1.54, 1.807) is 7.05 Å². The molecule has 0 aliphatic carbocycles. The third kappa shape index (κ3) is 4.74. The minimum Gasteiger partial charge on any atom is -0.298 e. The zero-order valence-electron chi connectivity index (χ0n) is 8.95. The van der Waals surface area contributed by atoms with Gasteiger partial charge in [-0.05, 0) is 24.6 Å². The number of hydrogen-bond donors (Lipinski definition) is 2. The molecule has 0 bridgehead atoms. The quantitative estimate of drug-likeness (QED) is 0.428. The molecular weight excluding hydrogens is 176 g/mol. The summed E-state index contributed by atoms with van der Waals surface area (Å²) < 4.78 is 0. The molecule has 3 heteroatoms. The maximum absolute atomic E-state index is 10.4. The first-order valence-electron chi connectivity index (χ1n) is 4.58. The highest BCUT2D eigenvalue weighted by Crippen LogP contribution is 2.14. The molecule has 1 aromatic carbocycles. The van der Waals surface area contributed by atoms with Crippen molar-refractivity contribution < 1.29 is 4.79 Å². The van der Waals surface area contributed by atoms with Gasteiger partial charge in [0.1, 0.15) is 6.29 Å². The van der Waals surface area contributed by atoms with Crippen LogP contribution in [0.4, 0.5) is 0 Å². The van der Waals surface area contributed by atoms with Crippen LogP contribution in [0.3, 0.4) is 0 Å². The molecule has 0 saturated heterocycles. The Labute approximate surface area is 85.3 Å². The molecule has 1 aromatic rings. The first kappa shape index (κ1) is 12.8. The molecule has 3 nitrogen and oxygen atoms in total. The van der Waals surface area contributed by atoms with Crippen molar-refractivity contribution in [2.24, 2.45) is 5.84 Å². The van der Waals surface area contributed by atoms with Gasteiger partial charge >= 0.3 is 0 Å². The highest BCUT2D eigenvalue weighted by Gasteiger charge is 1.98. The molecular formula is C11H18N2O. The number of benzene rings is 1. The van der Waals surface area contributed by atoms with E-state index >= 15 is 0 Å². The molecule has 0 amide bonds. The molecule has 1 rings (SSSR count). The van der Waals surface area contributed by atoms with Gasteiger partial charge in [-0.1, -0.05) is 32.0 Å². The molecule has 14 heavy (non-hydrogen) atoms. The molecule has 0 unspecified atom stereocenters. The summed E-state index contributed by atoms with van der Waals surface area (Å²) in [4.78, 5) is 10.4. The van der Waals surface area contributed by atoms with Crippen LogP contribution in [0, 0.1) is 0 Å². The molecule has 78 valence electrons. The average molecular weight is 194 g/mol. The number of nitrogens with one attached hydrogen (secondary N) is 1. The monoisotopic (exact) mass is 194 g/mol. The Kier molecular flexibility index (Phi) is 6.62. The van der Waals surface area contributed by atoms with E-state index in [2.05, 4.69) is 25.1 Å². The third-order valence-corrected chi connectivity index (χ3v) is 1.71. The van der Waals surface area contributed by atoms with Gasteiger partial charge in [-0.3, -0.25) is 16.1 Å². The lowest BCUT2D eigenvalue weighted by Gasteiger charge is -2.03. The SMILES string of the molecule is CC(C)c1cccc(C=O)c1.CNN. The number of hydrazine groups is 1. The van der Waals surface area contributed by atoms with E-state index in [4.69, 9.17) is 0 Å². The standard InChI is InChI=1S/C10H12O.CH6N2/c1-8(2)10-5-3-4-9(6-10)7-11;1-3-2/h3-8H,1-2H3;3H,2H2,1H3. The molecule has 0 heterocycles. The van der Waals surface area contributed by atoms with Crippen molar-refractivity contribution in [3.8, 4) is 0 Å². The summed E-state index contributed by atoms with van der Waals surface area (Å²) in [5.41, 5.74) is 4.23. The van der Waals surface area contributed by atoms with Gasteiger partial charge in [0.15, 0.2) is 0 Å². The summed E-state index contributed by atoms with van der Waals surface area (Å²) in [5.74, 6) is 5.09. The second-order valence-electron chi connectivity index (χ2n) is 3.23. The van der Waals surface area contributed by atoms with Crippen molar-refractivity contribution in [3.05, 3.63) is 35.4 Å². The normalized spacial score (nSPS) is 9.21. The fourth-order valence-electron chi connectivity index (χ4n) is 0.991. The summed E-state index contributed by atoms with van der Waals surface area (Å²) in [6.45, 7) is 4.23. The van der Waals surface area contributed by atoms with Gasteiger partial charge in [0.05, 0.1) is 0 Å². The third-order valence-electron chi connectivity index (χ3n) is 1.71. The molecule has 0 aliphatic rings. The van der Waals surface area contributed by atoms with Gasteiger partial charge in [0.2, 0.25) is 0 Å². The van der Waals surface area contributed by atoms with Crippen LogP contribution in [0.15, 0.2) is 24.3 Å². The Bertz CT molecular complexity index is 272. The van der Waals surface area contributed by atoms with Gasteiger partial charge in [-0.15, -0.1) is 0 Å². The molecule has 0 saturated carbocycles. The average Bonchev–Trinajstić information content (AvgIpc) is 2.19. The maximum atomic E-state index is 10.4. The van der Waals surface area contributed by atoms with Crippen molar-refractivity contribution in [1.29, 1.82) is 0 Å². The molecule has 0 atom stereocenters. The van der Waals surface area contributed by atoms with Gasteiger partial charge < -0.3 is 0 Å². The highest BCUT2D eigenvalue weighted by molar-refractivity contribution is 5.74. The van der Waals surface area contributed by atoms with Gasteiger partial charge in [-0.25, -0.2) is 0 Å². The summed E-state index contributed by atoms with van der Waals surface area (Å²) >= 11 is 0. The lowest BCUT2D eigenvalue weighted by Crippen LogP contribution is -2.13. The van der Waals surface area contributed by atoms with Crippen molar-refractivity contribution in [2.45, 2.75) is 19.8 Å². The molecule has 0 aliphatic heterocycles. The first-order valence-corrected chi connectivity index (χ1v) is 4.58. The lowest BCUT2D eigenvalue weighted by atomic mass is 10.0. The molecule has 0 spiro atoms. The second-order valence-corrected chi connectivity index (χ2v) is 3.23. The first-order chi connectivity index (χ1) is 6.65. The van der Waals surface area contributed by atoms with Crippen molar-refractivity contribution in [3.63, 3.8) is 0 Å². The fourth-order valence-corrected chi connectivity index (χ4v) is 0.991. The molecule has 0 radical (unpaired) electrons. The van der Waals surface area contributed by atoms with E-state index in [0.29, 0.717) is 5.92 Å². The number of carbonyl (C=O) groups excluding carboxylic acids is 1. The van der Waals surface area contributed by atoms with Crippen LogP contribution in [0.5, 0.6) is 0 Å². The second kappa shape index (κ2) is 7.24. The minimum absolute atomic E-state index is 0.495. The van der Waals surface area contributed by atoms with Crippen LogP contribution in [-0.4, -0.2) is 13.3 Å². The Morgan fingerprint density at radius 3 is 2.43 bits per heavy atom. The number of hydrogen-bond acceptors (Lipinski definition) is 3. The van der Waals surface area contributed by atoms with Crippen molar-refractivity contribution >= 4 is 6.29 Å². The van der Waals surface area contributed by atoms with E-state index < -0.39 is 0 Å². The van der Waals surface area contributed by atoms with Crippen LogP contribution in [0.2, 0.25) is 0 Å². The van der Waals surface area contributed by atoms with Crippen LogP contribution in [0.1, 0.15) is 35.7 Å². The Morgan fingerprint density at radius 2 is 2.00 bits per heavy atom. The van der Waals surface area contributed by atoms with E-state index in [1.165, 1.54) is 5.56 Å². The summed E-state index contributed by atoms with van der Waals surface area (Å²) in [6.07, 6.45) is 0.881. The van der Waals surface area contributed by atoms with Crippen LogP contribution in [-0.2, 0) is 0 Å². The predicted molar refractivity (Wildman–Crippen MR) is 59.2 cm³/mol. The van der Waals surface area contributed by atoms with E-state index in [-0.39, 0.29) is 0 Å². The number of nitrogens with two attached hydrogens (primary N) is 1. The number of aldehydes is 1. The topological polar surface area (TPSA) is 55.1 Å². The van der Waals surface area contributed by atoms with Crippen LogP contribution < -0.4 is 11.3 Å². The Balaban J connectivity index is 0.000000500. The largest absolute Gasteiger partial charge is 0.298 e. The molecule has 0 fully saturated rings. The summed E-state index contributed by atoms with van der Waals surface area (Å²) in [7, 11) is 1.65. The van der Waals surface area contributed by atoms with Gasteiger partial charge in [0, 0.05) is 5.56 Å². The Morgan fingerprint density at radius 1 is 1.43 bits per heavy atom. The van der Waals surface area contributed by atoms with E-state index in [1.807, 2.05) is 24.3 Å². The summed E-state index contributed by atoms with van der Waals surface area (Å²) in [5, 5.41) is 0. The number of rotatable bonds is 2. The zero-order valence-corrected chi connectivity index (χ0v) is 8.95. The maximum Gasteiger partial charge on any atom is 0.150 e. The smallest absolute Gasteiger partial charge is 0.150 e. The van der Waals surface area contributed by atoms with Gasteiger partial charge in [0.25, 0.3) is 0 Å². The Hall–Kier alpha value is -1.19. The van der Waals surface area contributed by atoms with E-state index in [9.17, 15) is 4.79 Å². The fraction of sp³-hybridized carbons (Fsp3) is 0.364. The van der Waals surface area contributed by atoms with Crippen molar-refractivity contribution in [2.75, 3.05) is 7.05 Å². The van der Waals surface area contributed by atoms with Crippen LogP contribution in [0.25, 0.3) is 0 Å². The minimum atomic E-state index is 0.495. The molecule has 3 N–H and O–H groups in total. The lowest BCUT2D eigenvalue weighted by molar-refractivity contribution is 0.112. The van der Waals surface area contributed by atoms with E-state index in [0.717, 1.165) is 11.8 Å². The molecule has 0 aromatic heterocycles. The highest BCUT2D eigenvalue weighted by atomic mass is 16.1.